The molecule has 0 aliphatic carbocycles. The summed E-state index contributed by atoms with van der Waals surface area (Å²) < 4.78 is 28.5. The van der Waals surface area contributed by atoms with E-state index in [1.807, 2.05) is 35.2 Å². The van der Waals surface area contributed by atoms with E-state index in [-0.39, 0.29) is 46.7 Å². The van der Waals surface area contributed by atoms with Gasteiger partial charge in [-0.05, 0) is 70.0 Å². The van der Waals surface area contributed by atoms with E-state index in [1.54, 1.807) is 19.2 Å². The molecule has 5 fully saturated rings. The van der Waals surface area contributed by atoms with Gasteiger partial charge >= 0.3 is 12.0 Å². The number of anilines is 1. The number of aromatic nitrogens is 3. The third kappa shape index (κ3) is 4.57. The predicted molar refractivity (Wildman–Crippen MR) is 178 cm³/mol. The Morgan fingerprint density at radius 1 is 1.08 bits per heavy atom. The summed E-state index contributed by atoms with van der Waals surface area (Å²) in [5, 5.41) is 2.61. The van der Waals surface area contributed by atoms with E-state index >= 15 is 4.39 Å². The van der Waals surface area contributed by atoms with Crippen molar-refractivity contribution < 1.29 is 23.5 Å². The molecule has 0 saturated carbocycles. The molecular formula is C36H36ClFN6O4. The van der Waals surface area contributed by atoms with Crippen molar-refractivity contribution in [2.75, 3.05) is 37.7 Å². The number of carbonyl (C=O) groups excluding carboxylic acids is 2. The van der Waals surface area contributed by atoms with Crippen molar-refractivity contribution in [1.29, 1.82) is 0 Å². The van der Waals surface area contributed by atoms with Crippen LogP contribution in [0.3, 0.4) is 0 Å². The zero-order chi connectivity index (χ0) is 32.7. The lowest BCUT2D eigenvalue weighted by Crippen LogP contribution is -2.62. The molecule has 5 aliphatic rings. The third-order valence-electron chi connectivity index (χ3n) is 11.4. The monoisotopic (exact) mass is 670 g/mol. The summed E-state index contributed by atoms with van der Waals surface area (Å²) in [6.07, 6.45) is 6.96. The maximum atomic E-state index is 16.9. The van der Waals surface area contributed by atoms with E-state index in [1.165, 1.54) is 0 Å². The largest absolute Gasteiger partial charge is 0.461 e. The standard InChI is InChI=1S/C36H36ClFN6O4/c1-20-31(48-34(20)46)33(45)44-22-10-11-23(44)18-42(17-22)32-25-16-39-29(24-8-2-6-21-7-3-9-26(37)27(21)24)28(38)30(25)40-35(41-32)47-19-36-12-4-14-43(36)15-5-13-36/h2-3,6-9,16,20,22-23,31H,4-5,10-15,17-19H2,1H3/t20-,22-,23+,31-/m1/s1. The number of ether oxygens (including phenoxy) is 2. The van der Waals surface area contributed by atoms with E-state index in [2.05, 4.69) is 14.8 Å². The number of carbonyl (C=O) groups is 2. The molecule has 2 aromatic heterocycles. The average molecular weight is 671 g/mol. The molecule has 2 aromatic carbocycles. The van der Waals surface area contributed by atoms with Crippen LogP contribution >= 0.6 is 11.6 Å². The molecule has 7 heterocycles. The van der Waals surface area contributed by atoms with Crippen LogP contribution in [0.2, 0.25) is 5.02 Å². The Balaban J connectivity index is 1.11. The number of pyridine rings is 1. The highest BCUT2D eigenvalue weighted by atomic mass is 35.5. The van der Waals surface area contributed by atoms with E-state index < -0.39 is 17.8 Å². The van der Waals surface area contributed by atoms with Gasteiger partial charge in [0.2, 0.25) is 0 Å². The lowest BCUT2D eigenvalue weighted by atomic mass is 9.95. The highest BCUT2D eigenvalue weighted by Crippen LogP contribution is 2.42. The number of rotatable bonds is 6. The van der Waals surface area contributed by atoms with Gasteiger partial charge in [0.1, 0.15) is 29.6 Å². The Kier molecular flexibility index (Phi) is 7.02. The van der Waals surface area contributed by atoms with Crippen molar-refractivity contribution in [1.82, 2.24) is 24.8 Å². The SMILES string of the molecule is C[C@H]1C(=O)O[C@H]1C(=O)N1[C@@H]2CC[C@H]1CN(c1nc(OCC34CCCN3CCC4)nc3c(F)c(-c4cccc5cccc(Cl)c45)ncc13)C2. The highest BCUT2D eigenvalue weighted by molar-refractivity contribution is 6.36. The number of nitrogens with zero attached hydrogens (tertiary/aromatic N) is 6. The van der Waals surface area contributed by atoms with Gasteiger partial charge in [-0.1, -0.05) is 41.9 Å². The second kappa shape index (κ2) is 11.2. The fraction of sp³-hybridized carbons (Fsp3) is 0.472. The molecule has 0 radical (unpaired) electrons. The van der Waals surface area contributed by atoms with Crippen molar-refractivity contribution >= 4 is 51.0 Å². The van der Waals surface area contributed by atoms with Crippen LogP contribution in [-0.4, -0.2) is 93.1 Å². The van der Waals surface area contributed by atoms with Crippen LogP contribution in [0.1, 0.15) is 45.4 Å². The van der Waals surface area contributed by atoms with Crippen LogP contribution in [0.15, 0.2) is 42.6 Å². The van der Waals surface area contributed by atoms with Gasteiger partial charge in [0.05, 0.1) is 10.9 Å². The molecule has 48 heavy (non-hydrogen) atoms. The first-order valence-corrected chi connectivity index (χ1v) is 17.4. The molecule has 0 unspecified atom stereocenters. The minimum atomic E-state index is -0.726. The minimum Gasteiger partial charge on any atom is -0.461 e. The highest BCUT2D eigenvalue weighted by Gasteiger charge is 2.52. The molecular weight excluding hydrogens is 635 g/mol. The number of benzene rings is 2. The fourth-order valence-electron chi connectivity index (χ4n) is 8.90. The van der Waals surface area contributed by atoms with Crippen LogP contribution in [0.5, 0.6) is 6.01 Å². The first-order chi connectivity index (χ1) is 23.3. The summed E-state index contributed by atoms with van der Waals surface area (Å²) in [5.74, 6) is -0.919. The number of amides is 1. The Morgan fingerprint density at radius 3 is 2.52 bits per heavy atom. The number of halogens is 2. The maximum absolute atomic E-state index is 16.9. The molecule has 248 valence electrons. The lowest BCUT2D eigenvalue weighted by Gasteiger charge is -2.44. The number of piperazine rings is 1. The van der Waals surface area contributed by atoms with Gasteiger partial charge in [0.15, 0.2) is 11.9 Å². The molecule has 4 aromatic rings. The molecule has 9 rings (SSSR count). The van der Waals surface area contributed by atoms with Crippen LogP contribution in [-0.2, 0) is 14.3 Å². The van der Waals surface area contributed by atoms with Crippen LogP contribution in [0.25, 0.3) is 32.9 Å². The molecule has 4 atom stereocenters. The summed E-state index contributed by atoms with van der Waals surface area (Å²) in [6.45, 7) is 5.32. The molecule has 1 amide bonds. The Hall–Kier alpha value is -4.09. The van der Waals surface area contributed by atoms with Crippen LogP contribution in [0, 0.1) is 11.7 Å². The van der Waals surface area contributed by atoms with E-state index in [9.17, 15) is 9.59 Å². The quantitative estimate of drug-likeness (QED) is 0.250. The van der Waals surface area contributed by atoms with E-state index in [0.29, 0.717) is 41.5 Å². The summed E-state index contributed by atoms with van der Waals surface area (Å²) in [7, 11) is 0. The van der Waals surface area contributed by atoms with Crippen molar-refractivity contribution in [3.63, 3.8) is 0 Å². The third-order valence-corrected chi connectivity index (χ3v) is 11.7. The Labute approximate surface area is 282 Å². The van der Waals surface area contributed by atoms with Crippen LogP contribution in [0.4, 0.5) is 10.2 Å². The summed E-state index contributed by atoms with van der Waals surface area (Å²) in [6, 6.07) is 11.2. The van der Waals surface area contributed by atoms with Crippen molar-refractivity contribution in [3.05, 3.63) is 53.4 Å². The first-order valence-electron chi connectivity index (χ1n) is 17.0. The van der Waals surface area contributed by atoms with Gasteiger partial charge in [0.25, 0.3) is 5.91 Å². The van der Waals surface area contributed by atoms with Crippen molar-refractivity contribution in [2.45, 2.75) is 69.2 Å². The van der Waals surface area contributed by atoms with Gasteiger partial charge in [-0.25, -0.2) is 4.39 Å². The fourth-order valence-corrected chi connectivity index (χ4v) is 9.18. The number of esters is 1. The Morgan fingerprint density at radius 2 is 1.81 bits per heavy atom. The average Bonchev–Trinajstić information content (AvgIpc) is 3.76. The molecule has 0 spiro atoms. The lowest BCUT2D eigenvalue weighted by molar-refractivity contribution is -0.192. The maximum Gasteiger partial charge on any atom is 0.319 e. The Bertz CT molecular complexity index is 1960. The van der Waals surface area contributed by atoms with E-state index in [4.69, 9.17) is 31.0 Å². The van der Waals surface area contributed by atoms with Gasteiger partial charge in [-0.3, -0.25) is 19.5 Å². The second-order valence-electron chi connectivity index (χ2n) is 14.0. The molecule has 10 nitrogen and oxygen atoms in total. The van der Waals surface area contributed by atoms with E-state index in [0.717, 1.165) is 62.4 Å². The molecule has 2 bridgehead atoms. The topological polar surface area (TPSA) is 101 Å². The van der Waals surface area contributed by atoms with Crippen LogP contribution < -0.4 is 9.64 Å². The number of fused-ring (bicyclic) bond motifs is 5. The van der Waals surface area contributed by atoms with Crippen molar-refractivity contribution in [3.8, 4) is 17.3 Å². The minimum absolute atomic E-state index is 0.0344. The summed E-state index contributed by atoms with van der Waals surface area (Å²) >= 11 is 6.64. The summed E-state index contributed by atoms with van der Waals surface area (Å²) in [5.41, 5.74) is 0.848. The molecule has 12 heteroatoms. The van der Waals surface area contributed by atoms with Gasteiger partial charge < -0.3 is 19.3 Å². The van der Waals surface area contributed by atoms with Gasteiger partial charge in [-0.2, -0.15) is 9.97 Å². The number of cyclic esters (lactones) is 1. The second-order valence-corrected chi connectivity index (χ2v) is 14.5. The molecule has 0 N–H and O–H groups in total. The summed E-state index contributed by atoms with van der Waals surface area (Å²) in [4.78, 5) is 46.0. The smallest absolute Gasteiger partial charge is 0.319 e. The predicted octanol–water partition coefficient (Wildman–Crippen LogP) is 5.39. The first kappa shape index (κ1) is 30.0. The van der Waals surface area contributed by atoms with Crippen molar-refractivity contribution in [2.24, 2.45) is 5.92 Å². The number of hydrogen-bond donors (Lipinski definition) is 0. The number of hydrogen-bond acceptors (Lipinski definition) is 9. The normalized spacial score (nSPS) is 26.2. The van der Waals surface area contributed by atoms with Gasteiger partial charge in [0, 0.05) is 47.3 Å². The van der Waals surface area contributed by atoms with Gasteiger partial charge in [-0.15, -0.1) is 0 Å². The zero-order valence-electron chi connectivity index (χ0n) is 26.7. The zero-order valence-corrected chi connectivity index (χ0v) is 27.5. The molecule has 5 saturated heterocycles. The molecule has 5 aliphatic heterocycles.